The lowest BCUT2D eigenvalue weighted by atomic mass is 10.1. The summed E-state index contributed by atoms with van der Waals surface area (Å²) in [5, 5.41) is 11.5. The third-order valence-corrected chi connectivity index (χ3v) is 4.05. The minimum atomic E-state index is -0.918. The zero-order chi connectivity index (χ0) is 13.8. The number of rotatable bonds is 5. The van der Waals surface area contributed by atoms with Gasteiger partial charge in [0, 0.05) is 10.6 Å². The molecule has 3 nitrogen and oxygen atoms in total. The number of thiophene rings is 1. The Morgan fingerprint density at radius 2 is 2.16 bits per heavy atom. The second kappa shape index (κ2) is 6.08. The summed E-state index contributed by atoms with van der Waals surface area (Å²) in [5.74, 6) is -0.220. The molecule has 1 aromatic heterocycles. The molecule has 0 aliphatic rings. The van der Waals surface area contributed by atoms with E-state index < -0.39 is 5.97 Å². The number of ether oxygens (including phenoxy) is 1. The van der Waals surface area contributed by atoms with Crippen molar-refractivity contribution in [3.8, 4) is 5.75 Å². The Balaban J connectivity index is 2.10. The first-order chi connectivity index (χ1) is 9.11. The minimum Gasteiger partial charge on any atom is -0.489 e. The van der Waals surface area contributed by atoms with E-state index in [0.717, 1.165) is 17.0 Å². The van der Waals surface area contributed by atoms with Gasteiger partial charge in [-0.05, 0) is 41.6 Å². The standard InChI is InChI=1S/C14H13ClO3S/c1-2-9-7-11(3-4-12(9)15)18-8-10-5-6-19-13(10)14(16)17/h3-7H,2,8H2,1H3,(H,16,17). The molecule has 0 bridgehead atoms. The van der Waals surface area contributed by atoms with Gasteiger partial charge in [-0.25, -0.2) is 4.79 Å². The lowest BCUT2D eigenvalue weighted by Crippen LogP contribution is -2.02. The van der Waals surface area contributed by atoms with Crippen molar-refractivity contribution in [3.63, 3.8) is 0 Å². The smallest absolute Gasteiger partial charge is 0.346 e. The molecule has 0 amide bonds. The van der Waals surface area contributed by atoms with Crippen molar-refractivity contribution in [2.45, 2.75) is 20.0 Å². The lowest BCUT2D eigenvalue weighted by Gasteiger charge is -2.08. The van der Waals surface area contributed by atoms with Gasteiger partial charge in [0.05, 0.1) is 0 Å². The Labute approximate surface area is 120 Å². The van der Waals surface area contributed by atoms with Crippen LogP contribution in [0.15, 0.2) is 29.6 Å². The zero-order valence-corrected chi connectivity index (χ0v) is 11.9. The summed E-state index contributed by atoms with van der Waals surface area (Å²) in [7, 11) is 0. The molecule has 0 atom stereocenters. The van der Waals surface area contributed by atoms with E-state index in [0.29, 0.717) is 16.2 Å². The maximum atomic E-state index is 11.0. The Morgan fingerprint density at radius 1 is 1.37 bits per heavy atom. The molecule has 1 N–H and O–H groups in total. The van der Waals surface area contributed by atoms with Crippen molar-refractivity contribution < 1.29 is 14.6 Å². The van der Waals surface area contributed by atoms with Gasteiger partial charge in [0.1, 0.15) is 17.2 Å². The Kier molecular flexibility index (Phi) is 4.45. The molecule has 0 unspecified atom stereocenters. The van der Waals surface area contributed by atoms with Crippen LogP contribution < -0.4 is 4.74 Å². The number of aromatic carboxylic acids is 1. The number of hydrogen-bond acceptors (Lipinski definition) is 3. The second-order valence-electron chi connectivity index (χ2n) is 3.98. The molecule has 0 saturated heterocycles. The fourth-order valence-corrected chi connectivity index (χ4v) is 2.71. The Bertz CT molecular complexity index is 592. The number of benzene rings is 1. The highest BCUT2D eigenvalue weighted by molar-refractivity contribution is 7.12. The first-order valence-electron chi connectivity index (χ1n) is 5.82. The first-order valence-corrected chi connectivity index (χ1v) is 7.08. The van der Waals surface area contributed by atoms with E-state index in [4.69, 9.17) is 21.4 Å². The maximum absolute atomic E-state index is 11.0. The van der Waals surface area contributed by atoms with Crippen LogP contribution in [0.4, 0.5) is 0 Å². The molecule has 2 rings (SSSR count). The fraction of sp³-hybridized carbons (Fsp3) is 0.214. The van der Waals surface area contributed by atoms with E-state index >= 15 is 0 Å². The van der Waals surface area contributed by atoms with Gasteiger partial charge in [-0.2, -0.15) is 0 Å². The second-order valence-corrected chi connectivity index (χ2v) is 5.30. The van der Waals surface area contributed by atoms with E-state index in [2.05, 4.69) is 0 Å². The number of halogens is 1. The molecule has 0 fully saturated rings. The third kappa shape index (κ3) is 3.28. The molecule has 1 heterocycles. The van der Waals surface area contributed by atoms with Gasteiger partial charge >= 0.3 is 5.97 Å². The van der Waals surface area contributed by atoms with Crippen LogP contribution in [0, 0.1) is 0 Å². The number of carboxylic acid groups (broad SMARTS) is 1. The van der Waals surface area contributed by atoms with Crippen LogP contribution in [-0.4, -0.2) is 11.1 Å². The van der Waals surface area contributed by atoms with Gasteiger partial charge in [0.25, 0.3) is 0 Å². The molecule has 1 aromatic carbocycles. The Hall–Kier alpha value is -1.52. The van der Waals surface area contributed by atoms with Crippen molar-refractivity contribution in [3.05, 3.63) is 50.7 Å². The SMILES string of the molecule is CCc1cc(OCc2ccsc2C(=O)O)ccc1Cl. The molecule has 100 valence electrons. The van der Waals surface area contributed by atoms with E-state index in [-0.39, 0.29) is 6.61 Å². The molecular weight excluding hydrogens is 284 g/mol. The Morgan fingerprint density at radius 3 is 2.84 bits per heavy atom. The largest absolute Gasteiger partial charge is 0.489 e. The number of aryl methyl sites for hydroxylation is 1. The maximum Gasteiger partial charge on any atom is 0.346 e. The highest BCUT2D eigenvalue weighted by Crippen LogP contribution is 2.24. The summed E-state index contributed by atoms with van der Waals surface area (Å²) < 4.78 is 5.62. The molecule has 2 aromatic rings. The fourth-order valence-electron chi connectivity index (χ4n) is 1.71. The van der Waals surface area contributed by atoms with Crippen LogP contribution in [0.25, 0.3) is 0 Å². The van der Waals surface area contributed by atoms with Gasteiger partial charge in [0.2, 0.25) is 0 Å². The van der Waals surface area contributed by atoms with E-state index in [1.165, 1.54) is 11.3 Å². The van der Waals surface area contributed by atoms with Crippen molar-refractivity contribution >= 4 is 28.9 Å². The van der Waals surface area contributed by atoms with Gasteiger partial charge in [-0.15, -0.1) is 11.3 Å². The van der Waals surface area contributed by atoms with Crippen LogP contribution in [0.2, 0.25) is 5.02 Å². The first kappa shape index (κ1) is 13.9. The summed E-state index contributed by atoms with van der Waals surface area (Å²) in [6, 6.07) is 7.23. The highest BCUT2D eigenvalue weighted by Gasteiger charge is 2.12. The lowest BCUT2D eigenvalue weighted by molar-refractivity contribution is 0.0699. The molecule has 19 heavy (non-hydrogen) atoms. The molecule has 0 radical (unpaired) electrons. The van der Waals surface area contributed by atoms with E-state index in [1.54, 1.807) is 23.6 Å². The third-order valence-electron chi connectivity index (χ3n) is 2.73. The van der Waals surface area contributed by atoms with Gasteiger partial charge in [0.15, 0.2) is 0 Å². The van der Waals surface area contributed by atoms with Crippen LogP contribution in [0.1, 0.15) is 27.7 Å². The molecule has 0 spiro atoms. The van der Waals surface area contributed by atoms with Crippen LogP contribution >= 0.6 is 22.9 Å². The van der Waals surface area contributed by atoms with E-state index in [9.17, 15) is 4.79 Å². The van der Waals surface area contributed by atoms with Gasteiger partial charge < -0.3 is 9.84 Å². The predicted octanol–water partition coefficient (Wildman–Crippen LogP) is 4.24. The summed E-state index contributed by atoms with van der Waals surface area (Å²) in [6.07, 6.45) is 0.828. The van der Waals surface area contributed by atoms with Crippen molar-refractivity contribution in [2.75, 3.05) is 0 Å². The predicted molar refractivity (Wildman–Crippen MR) is 76.4 cm³/mol. The summed E-state index contributed by atoms with van der Waals surface area (Å²) in [6.45, 7) is 2.27. The average Bonchev–Trinajstić information content (AvgIpc) is 2.86. The molecular formula is C14H13ClO3S. The number of hydrogen-bond donors (Lipinski definition) is 1. The van der Waals surface area contributed by atoms with Crippen molar-refractivity contribution in [1.82, 2.24) is 0 Å². The monoisotopic (exact) mass is 296 g/mol. The molecule has 0 saturated carbocycles. The molecule has 0 aliphatic carbocycles. The molecule has 5 heteroatoms. The normalized spacial score (nSPS) is 10.4. The van der Waals surface area contributed by atoms with Crippen LogP contribution in [-0.2, 0) is 13.0 Å². The summed E-state index contributed by atoms with van der Waals surface area (Å²) in [4.78, 5) is 11.3. The topological polar surface area (TPSA) is 46.5 Å². The average molecular weight is 297 g/mol. The molecule has 0 aliphatic heterocycles. The van der Waals surface area contributed by atoms with Crippen LogP contribution in [0.3, 0.4) is 0 Å². The van der Waals surface area contributed by atoms with Crippen molar-refractivity contribution in [1.29, 1.82) is 0 Å². The highest BCUT2D eigenvalue weighted by atomic mass is 35.5. The minimum absolute atomic E-state index is 0.246. The number of carbonyl (C=O) groups is 1. The quantitative estimate of drug-likeness (QED) is 0.897. The van der Waals surface area contributed by atoms with Gasteiger partial charge in [-0.3, -0.25) is 0 Å². The summed E-state index contributed by atoms with van der Waals surface area (Å²) in [5.41, 5.74) is 1.70. The van der Waals surface area contributed by atoms with E-state index in [1.807, 2.05) is 13.0 Å². The van der Waals surface area contributed by atoms with Crippen LogP contribution in [0.5, 0.6) is 5.75 Å². The number of carboxylic acids is 1. The van der Waals surface area contributed by atoms with Gasteiger partial charge in [-0.1, -0.05) is 18.5 Å². The summed E-state index contributed by atoms with van der Waals surface area (Å²) >= 11 is 7.23. The zero-order valence-electron chi connectivity index (χ0n) is 10.4. The van der Waals surface area contributed by atoms with Crippen molar-refractivity contribution in [2.24, 2.45) is 0 Å².